The molecular weight excluding hydrogens is 206 g/mol. The second-order valence-electron chi connectivity index (χ2n) is 6.70. The van der Waals surface area contributed by atoms with Crippen LogP contribution in [0.1, 0.15) is 77.6 Å². The van der Waals surface area contributed by atoms with Gasteiger partial charge in [0.2, 0.25) is 0 Å². The summed E-state index contributed by atoms with van der Waals surface area (Å²) >= 11 is 0. The van der Waals surface area contributed by atoms with Crippen LogP contribution in [0.4, 0.5) is 0 Å². The molecule has 1 nitrogen and oxygen atoms in total. The average molecular weight is 237 g/mol. The lowest BCUT2D eigenvalue weighted by Crippen LogP contribution is -2.39. The molecule has 0 radical (unpaired) electrons. The lowest BCUT2D eigenvalue weighted by molar-refractivity contribution is 0.192. The van der Waals surface area contributed by atoms with E-state index in [1.807, 2.05) is 0 Å². The highest BCUT2D eigenvalue weighted by atomic mass is 14.7. The zero-order valence-corrected chi connectivity index (χ0v) is 11.7. The lowest BCUT2D eigenvalue weighted by Gasteiger charge is -2.36. The number of nitrogens with two attached hydrogens (primary N) is 1. The van der Waals surface area contributed by atoms with Crippen LogP contribution in [0.15, 0.2) is 0 Å². The topological polar surface area (TPSA) is 26.0 Å². The highest BCUT2D eigenvalue weighted by Crippen LogP contribution is 2.35. The molecule has 0 aliphatic heterocycles. The van der Waals surface area contributed by atoms with Crippen LogP contribution in [0.25, 0.3) is 0 Å². The van der Waals surface area contributed by atoms with Gasteiger partial charge in [0.25, 0.3) is 0 Å². The zero-order chi connectivity index (χ0) is 12.1. The Bertz CT molecular complexity index is 198. The first kappa shape index (κ1) is 13.4. The summed E-state index contributed by atoms with van der Waals surface area (Å²) in [5.41, 5.74) is 6.59. The van der Waals surface area contributed by atoms with E-state index < -0.39 is 0 Å². The fourth-order valence-corrected chi connectivity index (χ4v) is 3.93. The van der Waals surface area contributed by atoms with Gasteiger partial charge in [0.1, 0.15) is 0 Å². The van der Waals surface area contributed by atoms with E-state index in [0.717, 1.165) is 17.8 Å². The molecule has 2 fully saturated rings. The molecule has 100 valence electrons. The first-order chi connectivity index (χ1) is 8.27. The van der Waals surface area contributed by atoms with Crippen molar-refractivity contribution in [2.24, 2.45) is 23.5 Å². The van der Waals surface area contributed by atoms with Crippen molar-refractivity contribution in [2.75, 3.05) is 0 Å². The second kappa shape index (κ2) is 6.78. The molecule has 0 saturated heterocycles. The SMILES string of the molecule is CC1CCC(C(N)C2CCCCCCC2)CC1. The van der Waals surface area contributed by atoms with Crippen molar-refractivity contribution >= 4 is 0 Å². The first-order valence-corrected chi connectivity index (χ1v) is 8.03. The van der Waals surface area contributed by atoms with Crippen LogP contribution in [0.3, 0.4) is 0 Å². The summed E-state index contributed by atoms with van der Waals surface area (Å²) in [5.74, 6) is 2.64. The monoisotopic (exact) mass is 237 g/mol. The van der Waals surface area contributed by atoms with Gasteiger partial charge in [-0.25, -0.2) is 0 Å². The van der Waals surface area contributed by atoms with Crippen molar-refractivity contribution in [2.45, 2.75) is 83.6 Å². The van der Waals surface area contributed by atoms with Crippen LogP contribution in [0.5, 0.6) is 0 Å². The van der Waals surface area contributed by atoms with Gasteiger partial charge in [0, 0.05) is 6.04 Å². The summed E-state index contributed by atoms with van der Waals surface area (Å²) in [6, 6.07) is 0.514. The zero-order valence-electron chi connectivity index (χ0n) is 11.7. The maximum absolute atomic E-state index is 6.59. The summed E-state index contributed by atoms with van der Waals surface area (Å²) in [6.07, 6.45) is 15.7. The molecule has 0 aromatic carbocycles. The predicted molar refractivity (Wildman–Crippen MR) is 74.9 cm³/mol. The van der Waals surface area contributed by atoms with Gasteiger partial charge in [-0.3, -0.25) is 0 Å². The summed E-state index contributed by atoms with van der Waals surface area (Å²) in [6.45, 7) is 2.40. The average Bonchev–Trinajstić information content (AvgIpc) is 2.29. The van der Waals surface area contributed by atoms with Gasteiger partial charge in [-0.15, -0.1) is 0 Å². The molecular formula is C16H31N. The highest BCUT2D eigenvalue weighted by molar-refractivity contribution is 4.84. The van der Waals surface area contributed by atoms with Crippen LogP contribution in [0, 0.1) is 17.8 Å². The van der Waals surface area contributed by atoms with Crippen LogP contribution in [-0.4, -0.2) is 6.04 Å². The Kier molecular flexibility index (Phi) is 5.34. The minimum atomic E-state index is 0.514. The van der Waals surface area contributed by atoms with E-state index in [2.05, 4.69) is 6.92 Å². The van der Waals surface area contributed by atoms with Crippen LogP contribution in [0.2, 0.25) is 0 Å². The van der Waals surface area contributed by atoms with Gasteiger partial charge in [0.15, 0.2) is 0 Å². The Balaban J connectivity index is 1.82. The minimum Gasteiger partial charge on any atom is -0.327 e. The fraction of sp³-hybridized carbons (Fsp3) is 1.00. The van der Waals surface area contributed by atoms with Crippen molar-refractivity contribution in [3.8, 4) is 0 Å². The van der Waals surface area contributed by atoms with Crippen LogP contribution in [-0.2, 0) is 0 Å². The summed E-state index contributed by atoms with van der Waals surface area (Å²) in [5, 5.41) is 0. The molecule has 17 heavy (non-hydrogen) atoms. The third-order valence-electron chi connectivity index (χ3n) is 5.30. The number of rotatable bonds is 2. The Morgan fingerprint density at radius 1 is 0.706 bits per heavy atom. The van der Waals surface area contributed by atoms with Crippen molar-refractivity contribution < 1.29 is 0 Å². The molecule has 2 saturated carbocycles. The third kappa shape index (κ3) is 3.98. The molecule has 2 aliphatic rings. The Morgan fingerprint density at radius 3 is 1.76 bits per heavy atom. The van der Waals surface area contributed by atoms with Crippen LogP contribution < -0.4 is 5.73 Å². The van der Waals surface area contributed by atoms with E-state index >= 15 is 0 Å². The smallest absolute Gasteiger partial charge is 0.00956 e. The van der Waals surface area contributed by atoms with Crippen molar-refractivity contribution in [3.05, 3.63) is 0 Å². The molecule has 0 aromatic rings. The Labute approximate surface area is 108 Å². The number of hydrogen-bond donors (Lipinski definition) is 1. The lowest BCUT2D eigenvalue weighted by atomic mass is 9.73. The maximum Gasteiger partial charge on any atom is 0.00956 e. The molecule has 0 amide bonds. The van der Waals surface area contributed by atoms with Crippen molar-refractivity contribution in [1.82, 2.24) is 0 Å². The second-order valence-corrected chi connectivity index (χ2v) is 6.70. The molecule has 1 heteroatoms. The molecule has 1 unspecified atom stereocenters. The third-order valence-corrected chi connectivity index (χ3v) is 5.30. The van der Waals surface area contributed by atoms with Gasteiger partial charge in [-0.1, -0.05) is 51.9 Å². The van der Waals surface area contributed by atoms with E-state index in [0.29, 0.717) is 6.04 Å². The quantitative estimate of drug-likeness (QED) is 0.752. The highest BCUT2D eigenvalue weighted by Gasteiger charge is 2.29. The first-order valence-electron chi connectivity index (χ1n) is 8.03. The van der Waals surface area contributed by atoms with E-state index in [4.69, 9.17) is 5.73 Å². The van der Waals surface area contributed by atoms with Gasteiger partial charge < -0.3 is 5.73 Å². The molecule has 0 bridgehead atoms. The van der Waals surface area contributed by atoms with E-state index in [1.54, 1.807) is 0 Å². The molecule has 2 N–H and O–H groups in total. The Morgan fingerprint density at radius 2 is 1.18 bits per heavy atom. The summed E-state index contributed by atoms with van der Waals surface area (Å²) in [7, 11) is 0. The molecule has 0 spiro atoms. The Hall–Kier alpha value is -0.0400. The van der Waals surface area contributed by atoms with Gasteiger partial charge in [-0.05, 0) is 43.4 Å². The molecule has 0 heterocycles. The predicted octanol–water partition coefficient (Wildman–Crippen LogP) is 4.50. The normalized spacial score (nSPS) is 34.9. The van der Waals surface area contributed by atoms with Gasteiger partial charge >= 0.3 is 0 Å². The van der Waals surface area contributed by atoms with Crippen LogP contribution >= 0.6 is 0 Å². The van der Waals surface area contributed by atoms with Gasteiger partial charge in [-0.2, -0.15) is 0 Å². The summed E-state index contributed by atoms with van der Waals surface area (Å²) < 4.78 is 0. The molecule has 1 atom stereocenters. The maximum atomic E-state index is 6.59. The standard InChI is InChI=1S/C16H31N/c1-13-9-11-15(12-10-13)16(17)14-7-5-3-2-4-6-8-14/h13-16H,2-12,17H2,1H3. The minimum absolute atomic E-state index is 0.514. The number of hydrogen-bond acceptors (Lipinski definition) is 1. The fourth-order valence-electron chi connectivity index (χ4n) is 3.93. The van der Waals surface area contributed by atoms with E-state index in [1.165, 1.54) is 70.6 Å². The molecule has 2 aliphatic carbocycles. The van der Waals surface area contributed by atoms with Gasteiger partial charge in [0.05, 0.1) is 0 Å². The largest absolute Gasteiger partial charge is 0.327 e. The summed E-state index contributed by atoms with van der Waals surface area (Å²) in [4.78, 5) is 0. The van der Waals surface area contributed by atoms with E-state index in [9.17, 15) is 0 Å². The van der Waals surface area contributed by atoms with Crippen molar-refractivity contribution in [3.63, 3.8) is 0 Å². The molecule has 0 aromatic heterocycles. The van der Waals surface area contributed by atoms with E-state index in [-0.39, 0.29) is 0 Å². The molecule has 2 rings (SSSR count). The van der Waals surface area contributed by atoms with Crippen molar-refractivity contribution in [1.29, 1.82) is 0 Å².